The summed E-state index contributed by atoms with van der Waals surface area (Å²) in [7, 11) is 0. The van der Waals surface area contributed by atoms with Crippen molar-refractivity contribution >= 4 is 11.6 Å². The Morgan fingerprint density at radius 3 is 2.58 bits per heavy atom. The Morgan fingerprint density at radius 1 is 1.16 bits per heavy atom. The largest absolute Gasteiger partial charge is 0.434 e. The Bertz CT molecular complexity index is 1090. The van der Waals surface area contributed by atoms with E-state index in [0.29, 0.717) is 5.56 Å². The smallest absolute Gasteiger partial charge is 0.387 e. The number of hydrogen-bond acceptors (Lipinski definition) is 4. The second-order valence-corrected chi connectivity index (χ2v) is 6.66. The number of benzene rings is 2. The van der Waals surface area contributed by atoms with Gasteiger partial charge in [-0.2, -0.15) is 8.78 Å². The number of hydrogen-bond donors (Lipinski definition) is 1. The SMILES string of the molecule is CCC(F)(F)c1cccc(NC(=O)c2ncc(-c3ccccc3OC(F)F)nc2C)c1. The summed E-state index contributed by atoms with van der Waals surface area (Å²) in [6.45, 7) is -0.101. The van der Waals surface area contributed by atoms with Crippen LogP contribution in [0.3, 0.4) is 0 Å². The third kappa shape index (κ3) is 5.17. The molecule has 0 aliphatic carbocycles. The second kappa shape index (κ2) is 9.11. The summed E-state index contributed by atoms with van der Waals surface area (Å²) in [6.07, 6.45) is 0.893. The van der Waals surface area contributed by atoms with Crippen molar-refractivity contribution < 1.29 is 27.1 Å². The van der Waals surface area contributed by atoms with E-state index in [0.717, 1.165) is 0 Å². The van der Waals surface area contributed by atoms with Gasteiger partial charge in [0.2, 0.25) is 0 Å². The number of nitrogens with zero attached hydrogens (tertiary/aromatic N) is 2. The number of carbonyl (C=O) groups excluding carboxylic acids is 1. The molecule has 3 aromatic rings. The first-order chi connectivity index (χ1) is 14.7. The van der Waals surface area contributed by atoms with Crippen LogP contribution in [0.15, 0.2) is 54.7 Å². The molecule has 162 valence electrons. The van der Waals surface area contributed by atoms with Crippen molar-refractivity contribution in [3.05, 3.63) is 71.7 Å². The van der Waals surface area contributed by atoms with Crippen LogP contribution in [0.1, 0.15) is 35.1 Å². The van der Waals surface area contributed by atoms with Crippen molar-refractivity contribution in [1.82, 2.24) is 9.97 Å². The fourth-order valence-electron chi connectivity index (χ4n) is 2.93. The summed E-state index contributed by atoms with van der Waals surface area (Å²) in [6, 6.07) is 11.5. The van der Waals surface area contributed by atoms with Crippen LogP contribution in [0.5, 0.6) is 5.75 Å². The van der Waals surface area contributed by atoms with Crippen LogP contribution in [0.25, 0.3) is 11.3 Å². The summed E-state index contributed by atoms with van der Waals surface area (Å²) in [4.78, 5) is 21.0. The van der Waals surface area contributed by atoms with Crippen LogP contribution in [0.2, 0.25) is 0 Å². The minimum atomic E-state index is -3.01. The van der Waals surface area contributed by atoms with Gasteiger partial charge < -0.3 is 10.1 Å². The lowest BCUT2D eigenvalue weighted by atomic mass is 10.1. The number of alkyl halides is 4. The van der Waals surface area contributed by atoms with E-state index in [2.05, 4.69) is 20.0 Å². The van der Waals surface area contributed by atoms with E-state index >= 15 is 0 Å². The van der Waals surface area contributed by atoms with Gasteiger partial charge in [0, 0.05) is 23.2 Å². The van der Waals surface area contributed by atoms with Gasteiger partial charge in [0.15, 0.2) is 0 Å². The Morgan fingerprint density at radius 2 is 1.90 bits per heavy atom. The van der Waals surface area contributed by atoms with Gasteiger partial charge in [-0.25, -0.2) is 18.7 Å². The van der Waals surface area contributed by atoms with E-state index in [1.807, 2.05) is 0 Å². The molecule has 0 aliphatic rings. The normalized spacial score (nSPS) is 11.5. The molecule has 0 saturated heterocycles. The lowest BCUT2D eigenvalue weighted by molar-refractivity contribution is -0.0494. The molecule has 31 heavy (non-hydrogen) atoms. The third-order valence-corrected chi connectivity index (χ3v) is 4.53. The van der Waals surface area contributed by atoms with Gasteiger partial charge >= 0.3 is 6.61 Å². The van der Waals surface area contributed by atoms with Crippen molar-refractivity contribution in [2.24, 2.45) is 0 Å². The minimum absolute atomic E-state index is 0.0244. The van der Waals surface area contributed by atoms with Gasteiger partial charge in [-0.15, -0.1) is 0 Å². The fraction of sp³-hybridized carbons (Fsp3) is 0.227. The lowest BCUT2D eigenvalue weighted by Gasteiger charge is -2.16. The summed E-state index contributed by atoms with van der Waals surface area (Å²) in [5.74, 6) is -3.71. The maximum absolute atomic E-state index is 13.9. The molecule has 0 spiro atoms. The number of para-hydroxylation sites is 1. The van der Waals surface area contributed by atoms with Gasteiger partial charge in [0.05, 0.1) is 17.6 Å². The number of aryl methyl sites for hydroxylation is 1. The highest BCUT2D eigenvalue weighted by atomic mass is 19.3. The number of rotatable bonds is 7. The zero-order valence-corrected chi connectivity index (χ0v) is 16.7. The number of anilines is 1. The number of ether oxygens (including phenoxy) is 1. The minimum Gasteiger partial charge on any atom is -0.434 e. The molecule has 0 radical (unpaired) electrons. The van der Waals surface area contributed by atoms with Crippen LogP contribution in [0, 0.1) is 6.92 Å². The van der Waals surface area contributed by atoms with Gasteiger partial charge in [-0.05, 0) is 31.2 Å². The highest BCUT2D eigenvalue weighted by molar-refractivity contribution is 6.03. The number of carbonyl (C=O) groups is 1. The van der Waals surface area contributed by atoms with E-state index < -0.39 is 18.4 Å². The topological polar surface area (TPSA) is 64.1 Å². The molecule has 2 aromatic carbocycles. The predicted octanol–water partition coefficient (Wildman–Crippen LogP) is 5.81. The van der Waals surface area contributed by atoms with E-state index in [4.69, 9.17) is 0 Å². The van der Waals surface area contributed by atoms with Crippen molar-refractivity contribution in [2.45, 2.75) is 32.8 Å². The van der Waals surface area contributed by atoms with E-state index in [1.54, 1.807) is 18.2 Å². The predicted molar refractivity (Wildman–Crippen MR) is 107 cm³/mol. The quantitative estimate of drug-likeness (QED) is 0.478. The first kappa shape index (κ1) is 22.2. The molecule has 0 fully saturated rings. The zero-order valence-electron chi connectivity index (χ0n) is 16.7. The Kier molecular flexibility index (Phi) is 6.53. The summed E-state index contributed by atoms with van der Waals surface area (Å²) >= 11 is 0. The zero-order chi connectivity index (χ0) is 22.6. The number of amides is 1. The van der Waals surface area contributed by atoms with Gasteiger partial charge in [0.25, 0.3) is 11.8 Å². The van der Waals surface area contributed by atoms with Crippen LogP contribution in [-0.4, -0.2) is 22.5 Å². The molecule has 0 bridgehead atoms. The highest BCUT2D eigenvalue weighted by Gasteiger charge is 2.29. The first-order valence-electron chi connectivity index (χ1n) is 9.39. The van der Waals surface area contributed by atoms with Crippen molar-refractivity contribution in [3.8, 4) is 17.0 Å². The molecule has 1 N–H and O–H groups in total. The van der Waals surface area contributed by atoms with Gasteiger partial charge in [-0.3, -0.25) is 4.79 Å². The van der Waals surface area contributed by atoms with Crippen LogP contribution in [-0.2, 0) is 5.92 Å². The molecule has 1 amide bonds. The van der Waals surface area contributed by atoms with Crippen LogP contribution in [0.4, 0.5) is 23.2 Å². The summed E-state index contributed by atoms with van der Waals surface area (Å²) < 4.78 is 57.6. The molecular formula is C22H19F4N3O2. The second-order valence-electron chi connectivity index (χ2n) is 6.66. The monoisotopic (exact) mass is 433 g/mol. The van der Waals surface area contributed by atoms with E-state index in [9.17, 15) is 22.4 Å². The first-order valence-corrected chi connectivity index (χ1v) is 9.39. The van der Waals surface area contributed by atoms with Crippen LogP contribution < -0.4 is 10.1 Å². The molecule has 5 nitrogen and oxygen atoms in total. The average molecular weight is 433 g/mol. The Hall–Kier alpha value is -3.49. The molecule has 9 heteroatoms. The molecule has 3 rings (SSSR count). The number of halogens is 4. The van der Waals surface area contributed by atoms with Crippen molar-refractivity contribution in [3.63, 3.8) is 0 Å². The molecule has 0 atom stereocenters. The van der Waals surface area contributed by atoms with Crippen molar-refractivity contribution in [2.75, 3.05) is 5.32 Å². The maximum Gasteiger partial charge on any atom is 0.387 e. The molecule has 0 aliphatic heterocycles. The molecule has 0 unspecified atom stereocenters. The number of aromatic nitrogens is 2. The van der Waals surface area contributed by atoms with E-state index in [-0.39, 0.29) is 40.5 Å². The number of nitrogens with one attached hydrogen (secondary N) is 1. The summed E-state index contributed by atoms with van der Waals surface area (Å²) in [5, 5.41) is 2.53. The Balaban J connectivity index is 1.85. The standard InChI is InChI=1S/C22H19F4N3O2/c1-3-22(25,26)14-7-6-8-15(11-14)29-20(30)19-13(2)28-17(12-27-19)16-9-4-5-10-18(16)31-21(23)24/h4-12,21H,3H2,1-2H3,(H,29,30). The molecule has 1 aromatic heterocycles. The lowest BCUT2D eigenvalue weighted by Crippen LogP contribution is -2.17. The highest BCUT2D eigenvalue weighted by Crippen LogP contribution is 2.33. The van der Waals surface area contributed by atoms with Crippen molar-refractivity contribution in [1.29, 1.82) is 0 Å². The van der Waals surface area contributed by atoms with Gasteiger partial charge in [0.1, 0.15) is 11.4 Å². The average Bonchev–Trinajstić information content (AvgIpc) is 2.73. The fourth-order valence-corrected chi connectivity index (χ4v) is 2.93. The molecular weight excluding hydrogens is 414 g/mol. The van der Waals surface area contributed by atoms with Gasteiger partial charge in [-0.1, -0.05) is 31.2 Å². The summed E-state index contributed by atoms with van der Waals surface area (Å²) in [5.41, 5.74) is 0.730. The van der Waals surface area contributed by atoms with Crippen LogP contribution >= 0.6 is 0 Å². The third-order valence-electron chi connectivity index (χ3n) is 4.53. The Labute approximate surface area is 176 Å². The van der Waals surface area contributed by atoms with E-state index in [1.165, 1.54) is 50.4 Å². The molecule has 1 heterocycles. The maximum atomic E-state index is 13.9. The molecule has 0 saturated carbocycles.